The molecule has 0 aromatic rings. The zero-order valence-corrected chi connectivity index (χ0v) is 10.3. The predicted octanol–water partition coefficient (Wildman–Crippen LogP) is 2.87. The summed E-state index contributed by atoms with van der Waals surface area (Å²) in [6.45, 7) is 4.09. The molecule has 0 aromatic carbocycles. The molecule has 0 spiro atoms. The molecule has 5 heteroatoms. The molecular formula is C8H14O2S3. The first-order valence-corrected chi connectivity index (χ1v) is 5.88. The third-order valence-electron chi connectivity index (χ3n) is 1.57. The fourth-order valence-corrected chi connectivity index (χ4v) is 2.03. The van der Waals surface area contributed by atoms with Crippen LogP contribution in [0.1, 0.15) is 26.7 Å². The lowest BCUT2D eigenvalue weighted by atomic mass is 10.1. The van der Waals surface area contributed by atoms with Gasteiger partial charge in [-0.25, -0.2) is 0 Å². The largest absolute Gasteiger partial charge is 0.395 e. The fraction of sp³-hybridized carbons (Fsp3) is 0.750. The summed E-state index contributed by atoms with van der Waals surface area (Å²) in [7, 11) is 0. The summed E-state index contributed by atoms with van der Waals surface area (Å²) in [5, 5.41) is 0. The van der Waals surface area contributed by atoms with Gasteiger partial charge in [0, 0.05) is 19.3 Å². The lowest BCUT2D eigenvalue weighted by molar-refractivity contribution is -0.133. The first kappa shape index (κ1) is 13.3. The maximum absolute atomic E-state index is 10.7. The van der Waals surface area contributed by atoms with Gasteiger partial charge in [-0.2, -0.15) is 0 Å². The number of hydrogen-bond acceptors (Lipinski definition) is 5. The summed E-state index contributed by atoms with van der Waals surface area (Å²) < 4.78 is 5.21. The molecule has 0 heterocycles. The Morgan fingerprint density at radius 1 is 1.69 bits per heavy atom. The van der Waals surface area contributed by atoms with E-state index in [0.29, 0.717) is 6.42 Å². The van der Waals surface area contributed by atoms with E-state index in [2.05, 4.69) is 24.0 Å². The molecule has 0 rings (SSSR count). The molecule has 0 aromatic heterocycles. The Morgan fingerprint density at radius 3 is 2.77 bits per heavy atom. The Balaban J connectivity index is 3.67. The topological polar surface area (TPSA) is 26.3 Å². The van der Waals surface area contributed by atoms with E-state index in [-0.39, 0.29) is 11.9 Å². The van der Waals surface area contributed by atoms with Crippen molar-refractivity contribution in [3.63, 3.8) is 0 Å². The van der Waals surface area contributed by atoms with Crippen molar-refractivity contribution in [2.24, 2.45) is 5.92 Å². The van der Waals surface area contributed by atoms with Crippen LogP contribution in [0, 0.1) is 5.92 Å². The van der Waals surface area contributed by atoms with Crippen molar-refractivity contribution in [1.29, 1.82) is 0 Å². The third-order valence-corrected chi connectivity index (χ3v) is 3.51. The normalized spacial score (nSPS) is 12.2. The summed E-state index contributed by atoms with van der Waals surface area (Å²) in [5.74, 6) is 0.979. The summed E-state index contributed by atoms with van der Waals surface area (Å²) >= 11 is 10.2. The van der Waals surface area contributed by atoms with E-state index in [1.54, 1.807) is 11.8 Å². The Hall–Kier alpha value is 0.260. The number of thiol groups is 1. The molecule has 0 aliphatic heterocycles. The average Bonchev–Trinajstić information content (AvgIpc) is 2.13. The number of carbonyl (C=O) groups excluding carboxylic acids is 1. The highest BCUT2D eigenvalue weighted by molar-refractivity contribution is 8.23. The van der Waals surface area contributed by atoms with E-state index in [0.717, 1.165) is 16.4 Å². The standard InChI is InChI=1S/C8H14O2S3/c1-3-13-8(11)6(2)4-5-7(9)10-12/h6,12H,3-5H2,1-2H3. The second kappa shape index (κ2) is 7.64. The Labute approximate surface area is 94.4 Å². The van der Waals surface area contributed by atoms with Gasteiger partial charge in [0.25, 0.3) is 0 Å². The van der Waals surface area contributed by atoms with Crippen molar-refractivity contribution in [2.45, 2.75) is 26.7 Å². The van der Waals surface area contributed by atoms with Gasteiger partial charge in [0.15, 0.2) is 0 Å². The van der Waals surface area contributed by atoms with Crippen LogP contribution in [0.15, 0.2) is 0 Å². The second-order valence-electron chi connectivity index (χ2n) is 2.66. The van der Waals surface area contributed by atoms with E-state index >= 15 is 0 Å². The van der Waals surface area contributed by atoms with Gasteiger partial charge in [-0.15, -0.1) is 11.8 Å². The third kappa shape index (κ3) is 6.35. The minimum Gasteiger partial charge on any atom is -0.395 e. The summed E-state index contributed by atoms with van der Waals surface area (Å²) in [6, 6.07) is 0. The lowest BCUT2D eigenvalue weighted by Crippen LogP contribution is -2.08. The zero-order chi connectivity index (χ0) is 10.3. The van der Waals surface area contributed by atoms with Gasteiger partial charge in [0.2, 0.25) is 0 Å². The van der Waals surface area contributed by atoms with Crippen LogP contribution < -0.4 is 0 Å². The van der Waals surface area contributed by atoms with Gasteiger partial charge in [-0.3, -0.25) is 4.79 Å². The van der Waals surface area contributed by atoms with Gasteiger partial charge in [0.1, 0.15) is 0 Å². The highest BCUT2D eigenvalue weighted by Gasteiger charge is 2.11. The molecule has 0 saturated heterocycles. The SMILES string of the molecule is CCSC(=S)C(C)CCC(=O)OS. The molecule has 1 atom stereocenters. The van der Waals surface area contributed by atoms with E-state index < -0.39 is 0 Å². The van der Waals surface area contributed by atoms with E-state index in [1.165, 1.54) is 0 Å². The van der Waals surface area contributed by atoms with Crippen LogP contribution in [0.25, 0.3) is 0 Å². The summed E-state index contributed by atoms with van der Waals surface area (Å²) in [4.78, 5) is 10.7. The van der Waals surface area contributed by atoms with Crippen LogP contribution in [-0.2, 0) is 8.98 Å². The number of thioether (sulfide) groups is 1. The quantitative estimate of drug-likeness (QED) is 0.452. The molecule has 0 fully saturated rings. The van der Waals surface area contributed by atoms with Crippen LogP contribution in [0.3, 0.4) is 0 Å². The molecule has 13 heavy (non-hydrogen) atoms. The molecule has 0 N–H and O–H groups in total. The van der Waals surface area contributed by atoms with Crippen molar-refractivity contribution in [3.8, 4) is 0 Å². The smallest absolute Gasteiger partial charge is 0.317 e. The van der Waals surface area contributed by atoms with Crippen molar-refractivity contribution in [1.82, 2.24) is 0 Å². The van der Waals surface area contributed by atoms with Gasteiger partial charge in [0.05, 0.1) is 4.20 Å². The number of thiocarbonyl (C=S) groups is 1. The molecule has 0 amide bonds. The van der Waals surface area contributed by atoms with Gasteiger partial charge >= 0.3 is 5.97 Å². The van der Waals surface area contributed by atoms with Crippen LogP contribution in [0.4, 0.5) is 0 Å². The second-order valence-corrected chi connectivity index (χ2v) is 4.84. The Morgan fingerprint density at radius 2 is 2.31 bits per heavy atom. The monoisotopic (exact) mass is 238 g/mol. The highest BCUT2D eigenvalue weighted by atomic mass is 32.2. The predicted molar refractivity (Wildman–Crippen MR) is 64.2 cm³/mol. The molecular weight excluding hydrogens is 224 g/mol. The number of rotatable bonds is 5. The van der Waals surface area contributed by atoms with Gasteiger partial charge in [-0.1, -0.05) is 26.1 Å². The molecule has 0 aliphatic carbocycles. The minimum atomic E-state index is -0.292. The van der Waals surface area contributed by atoms with E-state index in [9.17, 15) is 4.79 Å². The minimum absolute atomic E-state index is 0.285. The maximum atomic E-state index is 10.7. The van der Waals surface area contributed by atoms with E-state index in [4.69, 9.17) is 12.2 Å². The summed E-state index contributed by atoms with van der Waals surface area (Å²) in [6.07, 6.45) is 1.13. The van der Waals surface area contributed by atoms with Crippen LogP contribution in [-0.4, -0.2) is 15.9 Å². The van der Waals surface area contributed by atoms with Crippen molar-refractivity contribution < 1.29 is 8.98 Å². The van der Waals surface area contributed by atoms with Crippen molar-refractivity contribution in [2.75, 3.05) is 5.75 Å². The van der Waals surface area contributed by atoms with E-state index in [1.807, 2.05) is 6.92 Å². The lowest BCUT2D eigenvalue weighted by Gasteiger charge is -2.10. The average molecular weight is 238 g/mol. The molecule has 2 nitrogen and oxygen atoms in total. The molecule has 0 radical (unpaired) electrons. The zero-order valence-electron chi connectivity index (χ0n) is 7.78. The van der Waals surface area contributed by atoms with Gasteiger partial charge in [-0.05, 0) is 18.1 Å². The molecule has 0 aliphatic rings. The Kier molecular flexibility index (Phi) is 7.80. The van der Waals surface area contributed by atoms with Crippen LogP contribution in [0.5, 0.6) is 0 Å². The number of hydrogen-bond donors (Lipinski definition) is 1. The maximum Gasteiger partial charge on any atom is 0.317 e. The number of carbonyl (C=O) groups is 1. The fourth-order valence-electron chi connectivity index (χ4n) is 0.782. The van der Waals surface area contributed by atoms with Crippen LogP contribution >= 0.6 is 36.9 Å². The van der Waals surface area contributed by atoms with Crippen molar-refractivity contribution in [3.05, 3.63) is 0 Å². The summed E-state index contributed by atoms with van der Waals surface area (Å²) in [5.41, 5.74) is 0. The van der Waals surface area contributed by atoms with Crippen LogP contribution in [0.2, 0.25) is 0 Å². The molecule has 76 valence electrons. The molecule has 0 bridgehead atoms. The Bertz CT molecular complexity index is 182. The molecule has 0 saturated carbocycles. The first-order valence-electron chi connectivity index (χ1n) is 4.12. The van der Waals surface area contributed by atoms with Gasteiger partial charge < -0.3 is 4.18 Å². The molecule has 1 unspecified atom stereocenters. The highest BCUT2D eigenvalue weighted by Crippen LogP contribution is 2.17. The van der Waals surface area contributed by atoms with Crippen molar-refractivity contribution >= 4 is 47.1 Å². The first-order chi connectivity index (χ1) is 6.11.